The van der Waals surface area contributed by atoms with Crippen molar-refractivity contribution in [2.75, 3.05) is 18.5 Å². The van der Waals surface area contributed by atoms with Gasteiger partial charge in [-0.25, -0.2) is 0 Å². The molecule has 0 amide bonds. The van der Waals surface area contributed by atoms with Crippen LogP contribution >= 0.6 is 15.9 Å². The highest BCUT2D eigenvalue weighted by Gasteiger charge is 2.35. The van der Waals surface area contributed by atoms with E-state index in [0.717, 1.165) is 31.4 Å². The molecule has 0 atom stereocenters. The van der Waals surface area contributed by atoms with E-state index < -0.39 is 0 Å². The molecular weight excluding hydrogens is 244 g/mol. The van der Waals surface area contributed by atoms with Crippen LogP contribution < -0.4 is 0 Å². The topological polar surface area (TPSA) is 18.5 Å². The van der Waals surface area contributed by atoms with E-state index in [4.69, 9.17) is 9.47 Å². The Hall–Kier alpha value is 0.400. The van der Waals surface area contributed by atoms with E-state index >= 15 is 0 Å². The Morgan fingerprint density at radius 2 is 1.86 bits per heavy atom. The average molecular weight is 263 g/mol. The van der Waals surface area contributed by atoms with Gasteiger partial charge in [-0.3, -0.25) is 0 Å². The third-order valence-electron chi connectivity index (χ3n) is 3.37. The summed E-state index contributed by atoms with van der Waals surface area (Å²) in [5.41, 5.74) is 0.0766. The molecular formula is C11H19BrO2. The predicted molar refractivity (Wildman–Crippen MR) is 59.9 cm³/mol. The molecule has 0 aromatic rings. The fourth-order valence-corrected chi connectivity index (χ4v) is 3.08. The van der Waals surface area contributed by atoms with E-state index in [1.807, 2.05) is 0 Å². The molecule has 1 saturated heterocycles. The van der Waals surface area contributed by atoms with Gasteiger partial charge in [-0.15, -0.1) is 0 Å². The molecule has 0 N–H and O–H groups in total. The third-order valence-corrected chi connectivity index (χ3v) is 4.39. The lowest BCUT2D eigenvalue weighted by molar-refractivity contribution is -0.126. The van der Waals surface area contributed by atoms with Gasteiger partial charge < -0.3 is 9.47 Å². The molecule has 1 heterocycles. The number of alkyl halides is 1. The Bertz CT molecular complexity index is 172. The Morgan fingerprint density at radius 3 is 2.43 bits per heavy atom. The summed E-state index contributed by atoms with van der Waals surface area (Å²) in [6.07, 6.45) is 7.83. The Balaban J connectivity index is 1.89. The van der Waals surface area contributed by atoms with Crippen molar-refractivity contribution in [3.05, 3.63) is 0 Å². The van der Waals surface area contributed by atoms with Crippen LogP contribution in [-0.4, -0.2) is 30.2 Å². The normalized spacial score (nSPS) is 28.1. The molecule has 2 nitrogen and oxygen atoms in total. The summed E-state index contributed by atoms with van der Waals surface area (Å²) in [7, 11) is 0. The fourth-order valence-electron chi connectivity index (χ4n) is 2.39. The number of rotatable bonds is 3. The fraction of sp³-hybridized carbons (Fsp3) is 1.00. The second-order valence-electron chi connectivity index (χ2n) is 4.45. The van der Waals surface area contributed by atoms with E-state index in [2.05, 4.69) is 15.9 Å². The smallest absolute Gasteiger partial charge is 0.0826 e. The molecule has 2 aliphatic rings. The van der Waals surface area contributed by atoms with Crippen LogP contribution in [0.1, 0.15) is 38.5 Å². The summed E-state index contributed by atoms with van der Waals surface area (Å²) in [5.74, 6) is 0. The lowest BCUT2D eigenvalue weighted by atomic mass is 9.96. The van der Waals surface area contributed by atoms with Gasteiger partial charge in [-0.05, 0) is 12.8 Å². The first-order valence-electron chi connectivity index (χ1n) is 5.66. The molecule has 1 saturated carbocycles. The van der Waals surface area contributed by atoms with Crippen LogP contribution in [0.5, 0.6) is 0 Å². The van der Waals surface area contributed by atoms with E-state index in [1.54, 1.807) is 0 Å². The van der Waals surface area contributed by atoms with Crippen LogP contribution in [0.3, 0.4) is 0 Å². The molecule has 3 heteroatoms. The SMILES string of the molecule is BrCC1(OC2CCCC2)CCOCC1. The van der Waals surface area contributed by atoms with Crippen LogP contribution in [0, 0.1) is 0 Å². The van der Waals surface area contributed by atoms with Gasteiger partial charge in [0.1, 0.15) is 0 Å². The third kappa shape index (κ3) is 2.50. The zero-order chi connectivity index (χ0) is 9.86. The first-order chi connectivity index (χ1) is 6.85. The molecule has 0 unspecified atom stereocenters. The Morgan fingerprint density at radius 1 is 1.21 bits per heavy atom. The maximum absolute atomic E-state index is 6.26. The van der Waals surface area contributed by atoms with Crippen molar-refractivity contribution in [3.63, 3.8) is 0 Å². The van der Waals surface area contributed by atoms with Gasteiger partial charge in [-0.2, -0.15) is 0 Å². The summed E-state index contributed by atoms with van der Waals surface area (Å²) in [5, 5.41) is 0.958. The summed E-state index contributed by atoms with van der Waals surface area (Å²) in [6.45, 7) is 1.72. The second kappa shape index (κ2) is 4.95. The maximum Gasteiger partial charge on any atom is 0.0826 e. The van der Waals surface area contributed by atoms with Crippen LogP contribution in [0.25, 0.3) is 0 Å². The van der Waals surface area contributed by atoms with Gasteiger partial charge in [-0.1, -0.05) is 28.8 Å². The molecule has 0 aromatic heterocycles. The van der Waals surface area contributed by atoms with Crippen LogP contribution in [0.15, 0.2) is 0 Å². The van der Waals surface area contributed by atoms with Gasteiger partial charge in [0.2, 0.25) is 0 Å². The number of hydrogen-bond donors (Lipinski definition) is 0. The van der Waals surface area contributed by atoms with Crippen molar-refractivity contribution in [3.8, 4) is 0 Å². The predicted octanol–water partition coefficient (Wildman–Crippen LogP) is 2.89. The number of halogens is 1. The molecule has 82 valence electrons. The molecule has 0 spiro atoms. The summed E-state index contributed by atoms with van der Waals surface area (Å²) in [4.78, 5) is 0. The molecule has 0 radical (unpaired) electrons. The van der Waals surface area contributed by atoms with E-state index in [0.29, 0.717) is 6.10 Å². The van der Waals surface area contributed by atoms with Crippen molar-refractivity contribution in [1.29, 1.82) is 0 Å². The standard InChI is InChI=1S/C11H19BrO2/c12-9-11(5-7-13-8-6-11)14-10-3-1-2-4-10/h10H,1-9H2. The lowest BCUT2D eigenvalue weighted by Crippen LogP contribution is -2.43. The van der Waals surface area contributed by atoms with Crippen molar-refractivity contribution in [2.45, 2.75) is 50.2 Å². The quantitative estimate of drug-likeness (QED) is 0.729. The minimum absolute atomic E-state index is 0.0766. The van der Waals surface area contributed by atoms with Crippen LogP contribution in [0.2, 0.25) is 0 Å². The summed E-state index contributed by atoms with van der Waals surface area (Å²) < 4.78 is 11.7. The van der Waals surface area contributed by atoms with Crippen molar-refractivity contribution >= 4 is 15.9 Å². The van der Waals surface area contributed by atoms with Crippen molar-refractivity contribution < 1.29 is 9.47 Å². The molecule has 0 bridgehead atoms. The maximum atomic E-state index is 6.26. The Kier molecular flexibility index (Phi) is 3.86. The highest BCUT2D eigenvalue weighted by molar-refractivity contribution is 9.09. The van der Waals surface area contributed by atoms with Gasteiger partial charge in [0.15, 0.2) is 0 Å². The van der Waals surface area contributed by atoms with Crippen molar-refractivity contribution in [2.24, 2.45) is 0 Å². The molecule has 2 rings (SSSR count). The summed E-state index contributed by atoms with van der Waals surface area (Å²) >= 11 is 3.59. The van der Waals surface area contributed by atoms with E-state index in [1.165, 1.54) is 25.7 Å². The zero-order valence-electron chi connectivity index (χ0n) is 8.64. The molecule has 1 aliphatic carbocycles. The highest BCUT2D eigenvalue weighted by atomic mass is 79.9. The Labute approximate surface area is 94.5 Å². The van der Waals surface area contributed by atoms with Gasteiger partial charge in [0, 0.05) is 31.4 Å². The largest absolute Gasteiger partial charge is 0.381 e. The van der Waals surface area contributed by atoms with Crippen LogP contribution in [-0.2, 0) is 9.47 Å². The molecule has 1 aliphatic heterocycles. The van der Waals surface area contributed by atoms with E-state index in [9.17, 15) is 0 Å². The minimum Gasteiger partial charge on any atom is -0.381 e. The molecule has 14 heavy (non-hydrogen) atoms. The van der Waals surface area contributed by atoms with Crippen molar-refractivity contribution in [1.82, 2.24) is 0 Å². The van der Waals surface area contributed by atoms with Gasteiger partial charge >= 0.3 is 0 Å². The zero-order valence-corrected chi connectivity index (χ0v) is 10.2. The summed E-state index contributed by atoms with van der Waals surface area (Å²) in [6, 6.07) is 0. The highest BCUT2D eigenvalue weighted by Crippen LogP contribution is 2.33. The molecule has 2 fully saturated rings. The first kappa shape index (κ1) is 10.9. The number of hydrogen-bond acceptors (Lipinski definition) is 2. The van der Waals surface area contributed by atoms with Gasteiger partial charge in [0.25, 0.3) is 0 Å². The monoisotopic (exact) mass is 262 g/mol. The average Bonchev–Trinajstić information content (AvgIpc) is 2.72. The second-order valence-corrected chi connectivity index (χ2v) is 5.01. The van der Waals surface area contributed by atoms with Crippen LogP contribution in [0.4, 0.5) is 0 Å². The first-order valence-corrected chi connectivity index (χ1v) is 6.78. The van der Waals surface area contributed by atoms with Gasteiger partial charge in [0.05, 0.1) is 11.7 Å². The van der Waals surface area contributed by atoms with E-state index in [-0.39, 0.29) is 5.60 Å². The minimum atomic E-state index is 0.0766. The number of ether oxygens (including phenoxy) is 2. The molecule has 0 aromatic carbocycles. The lowest BCUT2D eigenvalue weighted by Gasteiger charge is -2.37.